The minimum atomic E-state index is -0.140. The Morgan fingerprint density at radius 2 is 1.96 bits per heavy atom. The van der Waals surface area contributed by atoms with Crippen LogP contribution in [-0.2, 0) is 14.4 Å². The maximum atomic E-state index is 11.8. The fourth-order valence-corrected chi connectivity index (χ4v) is 2.25. The zero-order valence-electron chi connectivity index (χ0n) is 14.0. The van der Waals surface area contributed by atoms with E-state index in [1.807, 2.05) is 0 Å². The summed E-state index contributed by atoms with van der Waals surface area (Å²) in [4.78, 5) is 37.9. The summed E-state index contributed by atoms with van der Waals surface area (Å²) in [5, 5.41) is 5.39. The SMILES string of the molecule is COc1ccc(NC(=O)CCCCCNC(=O)CSC(C)=O)nc1. The zero-order chi connectivity index (χ0) is 17.8. The molecule has 0 saturated carbocycles. The Labute approximate surface area is 145 Å². The first-order chi connectivity index (χ1) is 11.5. The van der Waals surface area contributed by atoms with Crippen molar-refractivity contribution in [3.05, 3.63) is 18.3 Å². The molecule has 2 N–H and O–H groups in total. The molecule has 1 heterocycles. The van der Waals surface area contributed by atoms with Crippen molar-refractivity contribution in [1.82, 2.24) is 10.3 Å². The number of hydrogen-bond acceptors (Lipinski definition) is 6. The maximum absolute atomic E-state index is 11.8. The van der Waals surface area contributed by atoms with Crippen molar-refractivity contribution in [3.63, 3.8) is 0 Å². The number of nitrogens with one attached hydrogen (secondary N) is 2. The lowest BCUT2D eigenvalue weighted by molar-refractivity contribution is -0.119. The van der Waals surface area contributed by atoms with E-state index in [1.165, 1.54) is 6.92 Å². The highest BCUT2D eigenvalue weighted by atomic mass is 32.2. The van der Waals surface area contributed by atoms with Crippen LogP contribution in [0.1, 0.15) is 32.6 Å². The van der Waals surface area contributed by atoms with Crippen molar-refractivity contribution in [1.29, 1.82) is 0 Å². The number of unbranched alkanes of at least 4 members (excludes halogenated alkanes) is 2. The van der Waals surface area contributed by atoms with Gasteiger partial charge >= 0.3 is 0 Å². The van der Waals surface area contributed by atoms with Crippen LogP contribution in [0.2, 0.25) is 0 Å². The molecule has 24 heavy (non-hydrogen) atoms. The van der Waals surface area contributed by atoms with E-state index >= 15 is 0 Å². The van der Waals surface area contributed by atoms with Gasteiger partial charge in [-0.25, -0.2) is 4.98 Å². The average molecular weight is 353 g/mol. The van der Waals surface area contributed by atoms with E-state index < -0.39 is 0 Å². The molecule has 0 saturated heterocycles. The van der Waals surface area contributed by atoms with Crippen molar-refractivity contribution in [2.24, 2.45) is 0 Å². The standard InChI is InChI=1S/C16H23N3O4S/c1-12(20)24-11-16(22)17-9-5-3-4-6-15(21)19-14-8-7-13(23-2)10-18-14/h7-8,10H,3-6,9,11H2,1-2H3,(H,17,22)(H,18,19,21). The molecule has 1 aromatic heterocycles. The molecule has 0 bridgehead atoms. The number of aromatic nitrogens is 1. The summed E-state index contributed by atoms with van der Waals surface area (Å²) in [7, 11) is 1.56. The largest absolute Gasteiger partial charge is 0.495 e. The minimum absolute atomic E-state index is 0.0671. The van der Waals surface area contributed by atoms with Crippen LogP contribution in [0.5, 0.6) is 5.75 Å². The maximum Gasteiger partial charge on any atom is 0.230 e. The molecule has 0 aliphatic carbocycles. The second-order valence-corrected chi connectivity index (χ2v) is 6.22. The molecule has 0 aromatic carbocycles. The van der Waals surface area contributed by atoms with Crippen LogP contribution in [0, 0.1) is 0 Å². The summed E-state index contributed by atoms with van der Waals surface area (Å²) in [5.74, 6) is 1.06. The first kappa shape index (κ1) is 20.0. The van der Waals surface area contributed by atoms with E-state index in [-0.39, 0.29) is 22.7 Å². The van der Waals surface area contributed by atoms with Crippen LogP contribution >= 0.6 is 11.8 Å². The fraction of sp³-hybridized carbons (Fsp3) is 0.500. The van der Waals surface area contributed by atoms with Gasteiger partial charge in [0.1, 0.15) is 11.6 Å². The molecule has 1 rings (SSSR count). The first-order valence-corrected chi connectivity index (χ1v) is 8.69. The summed E-state index contributed by atoms with van der Waals surface area (Å²) in [6.45, 7) is 1.99. The Bertz CT molecular complexity index is 549. The molecule has 0 radical (unpaired) electrons. The minimum Gasteiger partial charge on any atom is -0.495 e. The molecule has 2 amide bonds. The number of rotatable bonds is 10. The predicted octanol–water partition coefficient (Wildman–Crippen LogP) is 1.98. The third-order valence-corrected chi connectivity index (χ3v) is 3.86. The summed E-state index contributed by atoms with van der Waals surface area (Å²) in [5.41, 5.74) is 0. The van der Waals surface area contributed by atoms with E-state index in [0.717, 1.165) is 31.0 Å². The van der Waals surface area contributed by atoms with Crippen LogP contribution in [-0.4, -0.2) is 41.3 Å². The van der Waals surface area contributed by atoms with Gasteiger partial charge < -0.3 is 15.4 Å². The number of anilines is 1. The van der Waals surface area contributed by atoms with Gasteiger partial charge in [-0.15, -0.1) is 0 Å². The van der Waals surface area contributed by atoms with Crippen molar-refractivity contribution in [2.75, 3.05) is 24.7 Å². The van der Waals surface area contributed by atoms with E-state index in [2.05, 4.69) is 15.6 Å². The third-order valence-electron chi connectivity index (χ3n) is 3.05. The molecule has 7 nitrogen and oxygen atoms in total. The Hall–Kier alpha value is -2.09. The summed E-state index contributed by atoms with van der Waals surface area (Å²) in [6.07, 6.45) is 4.32. The normalized spacial score (nSPS) is 10.1. The Morgan fingerprint density at radius 3 is 2.58 bits per heavy atom. The number of amides is 2. The lowest BCUT2D eigenvalue weighted by Crippen LogP contribution is -2.26. The number of ether oxygens (including phenoxy) is 1. The molecule has 0 atom stereocenters. The van der Waals surface area contributed by atoms with Gasteiger partial charge in [-0.05, 0) is 25.0 Å². The van der Waals surface area contributed by atoms with E-state index in [9.17, 15) is 14.4 Å². The van der Waals surface area contributed by atoms with Gasteiger partial charge in [0.2, 0.25) is 11.8 Å². The number of methoxy groups -OCH3 is 1. The van der Waals surface area contributed by atoms with Gasteiger partial charge in [0, 0.05) is 19.9 Å². The third kappa shape index (κ3) is 9.14. The lowest BCUT2D eigenvalue weighted by Gasteiger charge is -2.06. The van der Waals surface area contributed by atoms with Crippen LogP contribution < -0.4 is 15.4 Å². The van der Waals surface area contributed by atoms with Crippen molar-refractivity contribution in [3.8, 4) is 5.75 Å². The van der Waals surface area contributed by atoms with Gasteiger partial charge in [0.05, 0.1) is 19.1 Å². The Balaban J connectivity index is 2.06. The molecular formula is C16H23N3O4S. The number of carbonyl (C=O) groups is 3. The van der Waals surface area contributed by atoms with Crippen molar-refractivity contribution >= 4 is 34.5 Å². The second-order valence-electron chi connectivity index (χ2n) is 5.07. The Kier molecular flexibility index (Phi) is 9.52. The van der Waals surface area contributed by atoms with Gasteiger partial charge in [-0.1, -0.05) is 18.2 Å². The van der Waals surface area contributed by atoms with Crippen LogP contribution in [0.3, 0.4) is 0 Å². The topological polar surface area (TPSA) is 97.4 Å². The quantitative estimate of drug-likeness (QED) is 0.624. The molecular weight excluding hydrogens is 330 g/mol. The molecule has 0 fully saturated rings. The highest BCUT2D eigenvalue weighted by Gasteiger charge is 2.05. The van der Waals surface area contributed by atoms with Crippen LogP contribution in [0.15, 0.2) is 18.3 Å². The average Bonchev–Trinajstić information content (AvgIpc) is 2.56. The van der Waals surface area contributed by atoms with Crippen molar-refractivity contribution in [2.45, 2.75) is 32.6 Å². The highest BCUT2D eigenvalue weighted by molar-refractivity contribution is 8.14. The molecule has 132 valence electrons. The van der Waals surface area contributed by atoms with Gasteiger partial charge in [-0.3, -0.25) is 14.4 Å². The Morgan fingerprint density at radius 1 is 1.17 bits per heavy atom. The molecule has 0 unspecified atom stereocenters. The molecule has 0 aliphatic heterocycles. The molecule has 0 aliphatic rings. The lowest BCUT2D eigenvalue weighted by atomic mass is 10.2. The molecule has 0 spiro atoms. The summed E-state index contributed by atoms with van der Waals surface area (Å²) < 4.78 is 5.00. The number of pyridine rings is 1. The van der Waals surface area contributed by atoms with Crippen molar-refractivity contribution < 1.29 is 19.1 Å². The number of nitrogens with zero attached hydrogens (tertiary/aromatic N) is 1. The molecule has 1 aromatic rings. The van der Waals surface area contributed by atoms with E-state index in [4.69, 9.17) is 4.74 Å². The molecule has 8 heteroatoms. The second kappa shape index (κ2) is 11.4. The predicted molar refractivity (Wildman–Crippen MR) is 94.0 cm³/mol. The van der Waals surface area contributed by atoms with Crippen LogP contribution in [0.25, 0.3) is 0 Å². The number of carbonyl (C=O) groups excluding carboxylic acids is 3. The zero-order valence-corrected chi connectivity index (χ0v) is 14.8. The number of hydrogen-bond donors (Lipinski definition) is 2. The van der Waals surface area contributed by atoms with Gasteiger partial charge in [-0.2, -0.15) is 0 Å². The highest BCUT2D eigenvalue weighted by Crippen LogP contribution is 2.11. The fourth-order valence-electron chi connectivity index (χ4n) is 1.81. The summed E-state index contributed by atoms with van der Waals surface area (Å²) >= 11 is 0.997. The van der Waals surface area contributed by atoms with E-state index in [0.29, 0.717) is 24.5 Å². The van der Waals surface area contributed by atoms with Gasteiger partial charge in [0.25, 0.3) is 0 Å². The first-order valence-electron chi connectivity index (χ1n) is 7.71. The van der Waals surface area contributed by atoms with Gasteiger partial charge in [0.15, 0.2) is 5.12 Å². The smallest absolute Gasteiger partial charge is 0.230 e. The monoisotopic (exact) mass is 353 g/mol. The van der Waals surface area contributed by atoms with Crippen LogP contribution in [0.4, 0.5) is 5.82 Å². The number of thioether (sulfide) groups is 1. The van der Waals surface area contributed by atoms with E-state index in [1.54, 1.807) is 25.4 Å². The summed E-state index contributed by atoms with van der Waals surface area (Å²) in [6, 6.07) is 3.42.